The Labute approximate surface area is 127 Å². The molecule has 1 aromatic carbocycles. The fourth-order valence-electron chi connectivity index (χ4n) is 2.31. The number of carbonyl (C=O) groups excluding carboxylic acids is 1. The lowest BCUT2D eigenvalue weighted by Crippen LogP contribution is -2.34. The van der Waals surface area contributed by atoms with Crippen molar-refractivity contribution < 1.29 is 4.79 Å². The monoisotopic (exact) mass is 306 g/mol. The minimum atomic E-state index is -0.163. The molecule has 1 saturated carbocycles. The van der Waals surface area contributed by atoms with Crippen LogP contribution < -0.4 is 5.32 Å². The lowest BCUT2D eigenvalue weighted by atomic mass is 10.0. The van der Waals surface area contributed by atoms with E-state index >= 15 is 0 Å². The van der Waals surface area contributed by atoms with Crippen molar-refractivity contribution in [2.24, 2.45) is 0 Å². The van der Waals surface area contributed by atoms with Crippen LogP contribution in [0, 0.1) is 0 Å². The summed E-state index contributed by atoms with van der Waals surface area (Å²) in [6, 6.07) is 7.74. The van der Waals surface area contributed by atoms with Crippen molar-refractivity contribution in [2.45, 2.75) is 31.2 Å². The number of thiazole rings is 1. The standard InChI is InChI=1S/C15H15ClN2OS/c16-12-3-1-11(2-4-12)15(7-8-15)18-14(19)6-5-13-9-20-10-17-13/h1-4,9-10H,5-8H2,(H,18,19). The van der Waals surface area contributed by atoms with E-state index in [-0.39, 0.29) is 11.4 Å². The molecular weight excluding hydrogens is 292 g/mol. The highest BCUT2D eigenvalue weighted by Crippen LogP contribution is 2.45. The Balaban J connectivity index is 1.59. The number of aryl methyl sites for hydroxylation is 1. The Hall–Kier alpha value is -1.39. The number of nitrogens with one attached hydrogen (secondary N) is 1. The zero-order valence-corrected chi connectivity index (χ0v) is 12.5. The second-order valence-corrected chi connectivity index (χ2v) is 6.27. The van der Waals surface area contributed by atoms with Gasteiger partial charge < -0.3 is 5.32 Å². The molecule has 0 bridgehead atoms. The summed E-state index contributed by atoms with van der Waals surface area (Å²) in [5.41, 5.74) is 3.76. The molecule has 1 fully saturated rings. The molecule has 0 spiro atoms. The first kappa shape index (κ1) is 13.6. The third-order valence-corrected chi connectivity index (χ3v) is 4.50. The molecule has 1 aliphatic carbocycles. The first-order valence-electron chi connectivity index (χ1n) is 6.62. The highest BCUT2D eigenvalue weighted by molar-refractivity contribution is 7.07. The van der Waals surface area contributed by atoms with E-state index in [9.17, 15) is 4.79 Å². The number of halogens is 1. The Bertz CT molecular complexity index is 591. The predicted octanol–water partition coefficient (Wildman–Crippen LogP) is 3.53. The first-order valence-corrected chi connectivity index (χ1v) is 7.94. The van der Waals surface area contributed by atoms with Crippen molar-refractivity contribution in [3.8, 4) is 0 Å². The van der Waals surface area contributed by atoms with Crippen molar-refractivity contribution in [3.05, 3.63) is 51.4 Å². The van der Waals surface area contributed by atoms with Crippen molar-refractivity contribution in [3.63, 3.8) is 0 Å². The molecule has 0 aliphatic heterocycles. The van der Waals surface area contributed by atoms with Crippen molar-refractivity contribution >= 4 is 28.8 Å². The van der Waals surface area contributed by atoms with Crippen molar-refractivity contribution in [2.75, 3.05) is 0 Å². The van der Waals surface area contributed by atoms with Gasteiger partial charge in [-0.05, 0) is 37.0 Å². The maximum atomic E-state index is 12.1. The van der Waals surface area contributed by atoms with Gasteiger partial charge >= 0.3 is 0 Å². The van der Waals surface area contributed by atoms with Crippen molar-refractivity contribution in [1.82, 2.24) is 10.3 Å². The van der Waals surface area contributed by atoms with E-state index in [2.05, 4.69) is 10.3 Å². The number of nitrogens with zero attached hydrogens (tertiary/aromatic N) is 1. The van der Waals surface area contributed by atoms with Crippen molar-refractivity contribution in [1.29, 1.82) is 0 Å². The Morgan fingerprint density at radius 2 is 2.10 bits per heavy atom. The largest absolute Gasteiger partial charge is 0.347 e. The van der Waals surface area contributed by atoms with Crippen LogP contribution in [0.3, 0.4) is 0 Å². The first-order chi connectivity index (χ1) is 9.68. The highest BCUT2D eigenvalue weighted by Gasteiger charge is 2.45. The van der Waals surface area contributed by atoms with Crippen LogP contribution >= 0.6 is 22.9 Å². The summed E-state index contributed by atoms with van der Waals surface area (Å²) in [7, 11) is 0. The molecule has 1 heterocycles. The van der Waals surface area contributed by atoms with E-state index in [1.54, 1.807) is 16.8 Å². The Morgan fingerprint density at radius 3 is 2.70 bits per heavy atom. The molecule has 0 saturated heterocycles. The van der Waals surface area contributed by atoms with Gasteiger partial charge in [-0.2, -0.15) is 0 Å². The van der Waals surface area contributed by atoms with Gasteiger partial charge in [-0.25, -0.2) is 4.98 Å². The predicted molar refractivity (Wildman–Crippen MR) is 80.9 cm³/mol. The molecule has 3 nitrogen and oxygen atoms in total. The smallest absolute Gasteiger partial charge is 0.221 e. The third-order valence-electron chi connectivity index (χ3n) is 3.62. The molecule has 1 N–H and O–H groups in total. The van der Waals surface area contributed by atoms with E-state index in [1.165, 1.54) is 0 Å². The van der Waals surface area contributed by atoms with E-state index in [0.717, 1.165) is 29.1 Å². The maximum absolute atomic E-state index is 12.1. The van der Waals surface area contributed by atoms with Crippen LogP contribution in [0.5, 0.6) is 0 Å². The summed E-state index contributed by atoms with van der Waals surface area (Å²) < 4.78 is 0. The second kappa shape index (κ2) is 5.54. The highest BCUT2D eigenvalue weighted by atomic mass is 35.5. The summed E-state index contributed by atoms with van der Waals surface area (Å²) >= 11 is 7.46. The van der Waals surface area contributed by atoms with Gasteiger partial charge in [-0.3, -0.25) is 4.79 Å². The minimum Gasteiger partial charge on any atom is -0.347 e. The quantitative estimate of drug-likeness (QED) is 0.918. The van der Waals surface area contributed by atoms with Gasteiger partial charge in [-0.15, -0.1) is 11.3 Å². The Morgan fingerprint density at radius 1 is 1.35 bits per heavy atom. The van der Waals surface area contributed by atoms with Gasteiger partial charge in [-0.1, -0.05) is 23.7 Å². The number of benzene rings is 1. The maximum Gasteiger partial charge on any atom is 0.221 e. The number of hydrogen-bond donors (Lipinski definition) is 1. The molecule has 1 aliphatic rings. The van der Waals surface area contributed by atoms with Gasteiger partial charge in [0.25, 0.3) is 0 Å². The molecule has 2 aromatic rings. The molecular formula is C15H15ClN2OS. The van der Waals surface area contributed by atoms with Crippen LogP contribution in [0.1, 0.15) is 30.5 Å². The summed E-state index contributed by atoms with van der Waals surface area (Å²) in [5.74, 6) is 0.0884. The average Bonchev–Trinajstić information content (AvgIpc) is 3.03. The second-order valence-electron chi connectivity index (χ2n) is 5.12. The number of carbonyl (C=O) groups is 1. The molecule has 0 atom stereocenters. The zero-order chi connectivity index (χ0) is 14.0. The van der Waals surface area contributed by atoms with E-state index in [0.29, 0.717) is 12.8 Å². The molecule has 104 valence electrons. The lowest BCUT2D eigenvalue weighted by molar-refractivity contribution is -0.122. The van der Waals surface area contributed by atoms with Crippen LogP contribution in [0.2, 0.25) is 5.02 Å². The SMILES string of the molecule is O=C(CCc1cscn1)NC1(c2ccc(Cl)cc2)CC1. The molecule has 1 amide bonds. The number of amides is 1. The van der Waals surface area contributed by atoms with E-state index < -0.39 is 0 Å². The fraction of sp³-hybridized carbons (Fsp3) is 0.333. The topological polar surface area (TPSA) is 42.0 Å². The van der Waals surface area contributed by atoms with Gasteiger partial charge in [0.1, 0.15) is 0 Å². The summed E-state index contributed by atoms with van der Waals surface area (Å²) in [6.45, 7) is 0. The normalized spacial score (nSPS) is 15.8. The van der Waals surface area contributed by atoms with Crippen LogP contribution in [-0.4, -0.2) is 10.9 Å². The molecule has 1 aromatic heterocycles. The van der Waals surface area contributed by atoms with Crippen LogP contribution in [0.15, 0.2) is 35.2 Å². The molecule has 5 heteroatoms. The third kappa shape index (κ3) is 3.02. The van der Waals surface area contributed by atoms with Gasteiger partial charge in [0.05, 0.1) is 16.7 Å². The summed E-state index contributed by atoms with van der Waals surface area (Å²) in [4.78, 5) is 16.3. The lowest BCUT2D eigenvalue weighted by Gasteiger charge is -2.18. The summed E-state index contributed by atoms with van der Waals surface area (Å²) in [5, 5.41) is 5.87. The van der Waals surface area contributed by atoms with Crippen LogP contribution in [0.4, 0.5) is 0 Å². The number of rotatable bonds is 5. The minimum absolute atomic E-state index is 0.0884. The van der Waals surface area contributed by atoms with Gasteiger partial charge in [0.15, 0.2) is 0 Å². The van der Waals surface area contributed by atoms with Crippen LogP contribution in [-0.2, 0) is 16.8 Å². The number of aromatic nitrogens is 1. The molecule has 0 unspecified atom stereocenters. The van der Waals surface area contributed by atoms with Gasteiger partial charge in [0.2, 0.25) is 5.91 Å². The van der Waals surface area contributed by atoms with E-state index in [4.69, 9.17) is 11.6 Å². The van der Waals surface area contributed by atoms with E-state index in [1.807, 2.05) is 29.6 Å². The fourth-order valence-corrected chi connectivity index (χ4v) is 3.03. The molecule has 20 heavy (non-hydrogen) atoms. The average molecular weight is 307 g/mol. The zero-order valence-electron chi connectivity index (χ0n) is 10.9. The molecule has 0 radical (unpaired) electrons. The van der Waals surface area contributed by atoms with Crippen LogP contribution in [0.25, 0.3) is 0 Å². The van der Waals surface area contributed by atoms with Gasteiger partial charge in [0, 0.05) is 16.8 Å². The summed E-state index contributed by atoms with van der Waals surface area (Å²) in [6.07, 6.45) is 3.18. The molecule has 3 rings (SSSR count). The Kier molecular flexibility index (Phi) is 3.76. The number of hydrogen-bond acceptors (Lipinski definition) is 3.